The standard InChI is InChI=1S/C38H54N4O6/c1-6-27-31-23-42(32(27)24(2)43)35(44)33(37(3)19-11-8-12-20-37)41-36(45)48-38(4)21-13-15-25(38)14-9-7-10-16-29-34(47-31)40-30-22-26(46-5)17-18-28(30)39-29/h17-18,22,25,27,31-33H,6-16,19-21,23H2,1-5H3,(H,41,45)/t25-,27-,31+,32-,33-,38-/m1/s1. The first-order chi connectivity index (χ1) is 23.0. The number of nitrogens with one attached hydrogen (secondary N) is 1. The SMILES string of the molecule is CC[C@@H]1[C@@H]2CN(C(=O)[C@H](C3(C)CCCCC3)NC(=O)O[C@]3(C)CCC[C@H]3CCCCCc3nc4ccc(OC)cc4nc3O2)[C@@H]1C(C)=O. The Morgan fingerprint density at radius 2 is 1.75 bits per heavy atom. The van der Waals surface area contributed by atoms with Crippen LogP contribution in [0.2, 0.25) is 0 Å². The van der Waals surface area contributed by atoms with Crippen LogP contribution < -0.4 is 14.8 Å². The Kier molecular flexibility index (Phi) is 10.2. The molecule has 48 heavy (non-hydrogen) atoms. The van der Waals surface area contributed by atoms with E-state index < -0.39 is 35.3 Å². The lowest BCUT2D eigenvalue weighted by molar-refractivity contribution is -0.143. The highest BCUT2D eigenvalue weighted by molar-refractivity contribution is 5.93. The number of hydrogen-bond donors (Lipinski definition) is 1. The number of methoxy groups -OCH3 is 1. The third kappa shape index (κ3) is 6.86. The van der Waals surface area contributed by atoms with Gasteiger partial charge >= 0.3 is 6.09 Å². The topological polar surface area (TPSA) is 120 Å². The van der Waals surface area contributed by atoms with E-state index in [-0.39, 0.29) is 30.1 Å². The van der Waals surface area contributed by atoms with Crippen molar-refractivity contribution in [1.82, 2.24) is 20.2 Å². The van der Waals surface area contributed by atoms with Crippen LogP contribution in [0.15, 0.2) is 18.2 Å². The summed E-state index contributed by atoms with van der Waals surface area (Å²) < 4.78 is 18.5. The van der Waals surface area contributed by atoms with Crippen molar-refractivity contribution in [3.8, 4) is 11.6 Å². The molecule has 6 atom stereocenters. The first-order valence-corrected chi connectivity index (χ1v) is 18.4. The Labute approximate surface area is 285 Å². The van der Waals surface area contributed by atoms with E-state index in [0.29, 0.717) is 30.0 Å². The lowest BCUT2D eigenvalue weighted by atomic mass is 9.70. The molecule has 0 radical (unpaired) electrons. The zero-order valence-corrected chi connectivity index (χ0v) is 29.5. The molecule has 2 aromatic rings. The number of rotatable bonds is 4. The van der Waals surface area contributed by atoms with Crippen molar-refractivity contribution in [3.05, 3.63) is 23.9 Å². The van der Waals surface area contributed by atoms with Crippen LogP contribution in [0.3, 0.4) is 0 Å². The summed E-state index contributed by atoms with van der Waals surface area (Å²) in [6.07, 6.45) is 11.9. The number of carbonyl (C=O) groups is 3. The summed E-state index contributed by atoms with van der Waals surface area (Å²) in [6.45, 7) is 7.98. The lowest BCUT2D eigenvalue weighted by Gasteiger charge is -2.42. The van der Waals surface area contributed by atoms with Gasteiger partial charge in [0.25, 0.3) is 0 Å². The largest absolute Gasteiger partial charge is 0.497 e. The number of ketones is 1. The average Bonchev–Trinajstić information content (AvgIpc) is 3.62. The minimum atomic E-state index is -0.811. The molecule has 1 aromatic heterocycles. The fourth-order valence-electron chi connectivity index (χ4n) is 9.18. The van der Waals surface area contributed by atoms with Gasteiger partial charge in [-0.25, -0.2) is 14.8 Å². The first kappa shape index (κ1) is 34.4. The zero-order valence-electron chi connectivity index (χ0n) is 29.5. The van der Waals surface area contributed by atoms with E-state index in [2.05, 4.69) is 19.2 Å². The molecule has 2 aliphatic carbocycles. The molecule has 1 aromatic carbocycles. The van der Waals surface area contributed by atoms with Crippen molar-refractivity contribution in [1.29, 1.82) is 0 Å². The number of amides is 2. The fraction of sp³-hybridized carbons (Fsp3) is 0.711. The Bertz CT molecular complexity index is 1510. The van der Waals surface area contributed by atoms with Crippen LogP contribution in [0.1, 0.15) is 117 Å². The van der Waals surface area contributed by atoms with Gasteiger partial charge in [0, 0.05) is 12.0 Å². The minimum Gasteiger partial charge on any atom is -0.497 e. The molecular weight excluding hydrogens is 608 g/mol. The van der Waals surface area contributed by atoms with E-state index in [1.54, 1.807) is 18.9 Å². The molecule has 1 saturated heterocycles. The molecule has 262 valence electrons. The molecule has 4 aliphatic rings. The number of hydrogen-bond acceptors (Lipinski definition) is 8. The van der Waals surface area contributed by atoms with Crippen LogP contribution in [0.4, 0.5) is 4.79 Å². The van der Waals surface area contributed by atoms with Crippen LogP contribution in [0.25, 0.3) is 11.0 Å². The van der Waals surface area contributed by atoms with E-state index in [0.717, 1.165) is 88.3 Å². The van der Waals surface area contributed by atoms with Crippen molar-refractivity contribution in [2.45, 2.75) is 141 Å². The van der Waals surface area contributed by atoms with Crippen LogP contribution in [-0.4, -0.2) is 70.1 Å². The quantitative estimate of drug-likeness (QED) is 0.374. The minimum absolute atomic E-state index is 0.0850. The first-order valence-electron chi connectivity index (χ1n) is 18.4. The lowest BCUT2D eigenvalue weighted by Crippen LogP contribution is -2.59. The maximum absolute atomic E-state index is 14.8. The molecule has 0 unspecified atom stereocenters. The second-order valence-corrected chi connectivity index (χ2v) is 15.3. The number of aromatic nitrogens is 2. The molecule has 6 rings (SSSR count). The van der Waals surface area contributed by atoms with Gasteiger partial charge in [0.15, 0.2) is 5.78 Å². The van der Waals surface area contributed by atoms with Gasteiger partial charge < -0.3 is 24.4 Å². The summed E-state index contributed by atoms with van der Waals surface area (Å²) in [5.41, 5.74) is 1.21. The van der Waals surface area contributed by atoms with E-state index in [1.165, 1.54) is 0 Å². The number of Topliss-reactive ketones (excluding diaryl/α,β-unsaturated/α-hetero) is 1. The summed E-state index contributed by atoms with van der Waals surface area (Å²) in [5.74, 6) is 0.849. The molecule has 3 heterocycles. The van der Waals surface area contributed by atoms with E-state index in [9.17, 15) is 14.4 Å². The maximum atomic E-state index is 14.8. The molecule has 0 spiro atoms. The monoisotopic (exact) mass is 662 g/mol. The highest BCUT2D eigenvalue weighted by Gasteiger charge is 2.52. The molecular formula is C38H54N4O6. The number of aryl methyl sites for hydroxylation is 1. The van der Waals surface area contributed by atoms with Gasteiger partial charge in [-0.1, -0.05) is 46.0 Å². The highest BCUT2D eigenvalue weighted by Crippen LogP contribution is 2.44. The predicted molar refractivity (Wildman–Crippen MR) is 183 cm³/mol. The van der Waals surface area contributed by atoms with Crippen molar-refractivity contribution < 1.29 is 28.6 Å². The Morgan fingerprint density at radius 1 is 1.00 bits per heavy atom. The van der Waals surface area contributed by atoms with Gasteiger partial charge in [0.05, 0.1) is 30.7 Å². The smallest absolute Gasteiger partial charge is 0.408 e. The molecule has 10 nitrogen and oxygen atoms in total. The van der Waals surface area contributed by atoms with Gasteiger partial charge in [-0.05, 0) is 95.1 Å². The third-order valence-corrected chi connectivity index (χ3v) is 12.0. The van der Waals surface area contributed by atoms with Crippen molar-refractivity contribution in [2.24, 2.45) is 17.3 Å². The number of carbonyl (C=O) groups excluding carboxylic acids is 3. The third-order valence-electron chi connectivity index (χ3n) is 12.0. The second kappa shape index (κ2) is 14.2. The number of ether oxygens (including phenoxy) is 3. The summed E-state index contributed by atoms with van der Waals surface area (Å²) in [5, 5.41) is 3.10. The molecule has 2 bridgehead atoms. The van der Waals surface area contributed by atoms with E-state index >= 15 is 0 Å². The Balaban J connectivity index is 1.41. The number of nitrogens with zero attached hydrogens (tertiary/aromatic N) is 3. The average molecular weight is 663 g/mol. The molecule has 10 heteroatoms. The van der Waals surface area contributed by atoms with Gasteiger partial charge in [0.2, 0.25) is 11.8 Å². The van der Waals surface area contributed by atoms with Gasteiger partial charge in [0.1, 0.15) is 29.2 Å². The van der Waals surface area contributed by atoms with E-state index in [4.69, 9.17) is 24.2 Å². The molecule has 2 aliphatic heterocycles. The number of alkyl carbamates (subject to hydrolysis) is 1. The van der Waals surface area contributed by atoms with Crippen LogP contribution in [0.5, 0.6) is 11.6 Å². The summed E-state index contributed by atoms with van der Waals surface area (Å²) in [6, 6.07) is 4.19. The maximum Gasteiger partial charge on any atom is 0.408 e. The molecule has 1 N–H and O–H groups in total. The summed E-state index contributed by atoms with van der Waals surface area (Å²) >= 11 is 0. The van der Waals surface area contributed by atoms with Gasteiger partial charge in [-0.15, -0.1) is 0 Å². The predicted octanol–water partition coefficient (Wildman–Crippen LogP) is 6.95. The van der Waals surface area contributed by atoms with Gasteiger partial charge in [-0.3, -0.25) is 9.59 Å². The van der Waals surface area contributed by atoms with Gasteiger partial charge in [-0.2, -0.15) is 0 Å². The fourth-order valence-corrected chi connectivity index (χ4v) is 9.18. The zero-order chi connectivity index (χ0) is 34.1. The molecule has 2 amide bonds. The van der Waals surface area contributed by atoms with Crippen LogP contribution >= 0.6 is 0 Å². The molecule has 3 fully saturated rings. The molecule has 2 saturated carbocycles. The van der Waals surface area contributed by atoms with Crippen molar-refractivity contribution in [2.75, 3.05) is 13.7 Å². The highest BCUT2D eigenvalue weighted by atomic mass is 16.6. The number of fused-ring (bicyclic) bond motifs is 5. The van der Waals surface area contributed by atoms with Crippen LogP contribution in [0, 0.1) is 17.3 Å². The number of benzene rings is 1. The van der Waals surface area contributed by atoms with Crippen LogP contribution in [-0.2, 0) is 20.7 Å². The summed E-state index contributed by atoms with van der Waals surface area (Å²) in [4.78, 5) is 53.7. The second-order valence-electron chi connectivity index (χ2n) is 15.3. The summed E-state index contributed by atoms with van der Waals surface area (Å²) in [7, 11) is 1.63. The van der Waals surface area contributed by atoms with E-state index in [1.807, 2.05) is 25.1 Å². The van der Waals surface area contributed by atoms with Crippen molar-refractivity contribution >= 4 is 28.8 Å². The Hall–Kier alpha value is -3.43. The Morgan fingerprint density at radius 3 is 2.48 bits per heavy atom. The normalized spacial score (nSPS) is 31.4. The van der Waals surface area contributed by atoms with Crippen molar-refractivity contribution in [3.63, 3.8) is 0 Å².